The van der Waals surface area contributed by atoms with Gasteiger partial charge in [-0.3, -0.25) is 24.1 Å². The summed E-state index contributed by atoms with van der Waals surface area (Å²) in [5.74, 6) is -1.69. The van der Waals surface area contributed by atoms with Gasteiger partial charge in [0.25, 0.3) is 5.91 Å². The number of fused-ring (bicyclic) bond motifs is 1. The van der Waals surface area contributed by atoms with E-state index < -0.39 is 52.3 Å². The molecule has 10 nitrogen and oxygen atoms in total. The van der Waals surface area contributed by atoms with Crippen LogP contribution in [0.25, 0.3) is 0 Å². The quantitative estimate of drug-likeness (QED) is 0.279. The molecule has 212 valence electrons. The van der Waals surface area contributed by atoms with E-state index in [2.05, 4.69) is 0 Å². The number of benzene rings is 1. The number of nitrogens with zero attached hydrogens (tertiary/aromatic N) is 2. The summed E-state index contributed by atoms with van der Waals surface area (Å²) in [6.07, 6.45) is -0.998. The molecule has 1 aromatic carbocycles. The molecule has 1 fully saturated rings. The number of esters is 2. The summed E-state index contributed by atoms with van der Waals surface area (Å²) in [4.78, 5) is 66.6. The molecule has 0 unspecified atom stereocenters. The number of imide groups is 1. The van der Waals surface area contributed by atoms with Gasteiger partial charge in [0.05, 0.1) is 17.5 Å². The molecule has 3 rings (SSSR count). The number of ether oxygens (including phenoxy) is 3. The van der Waals surface area contributed by atoms with E-state index in [1.54, 1.807) is 65.8 Å². The van der Waals surface area contributed by atoms with Crippen LogP contribution in [0.3, 0.4) is 0 Å². The first-order valence-electron chi connectivity index (χ1n) is 12.7. The van der Waals surface area contributed by atoms with Crippen molar-refractivity contribution >= 4 is 41.6 Å². The Labute approximate surface area is 233 Å². The maximum Gasteiger partial charge on any atom is 0.417 e. The van der Waals surface area contributed by atoms with Gasteiger partial charge in [0.1, 0.15) is 24.2 Å². The van der Waals surface area contributed by atoms with Crippen LogP contribution in [-0.2, 0) is 39.8 Å². The predicted octanol–water partition coefficient (Wildman–Crippen LogP) is 3.68. The monoisotopic (exact) mass is 560 g/mol. The van der Waals surface area contributed by atoms with Crippen molar-refractivity contribution in [1.82, 2.24) is 9.80 Å². The fourth-order valence-corrected chi connectivity index (χ4v) is 5.37. The second-order valence-corrected chi connectivity index (χ2v) is 12.5. The van der Waals surface area contributed by atoms with Crippen LogP contribution in [0.15, 0.2) is 41.6 Å². The first-order chi connectivity index (χ1) is 18.1. The van der Waals surface area contributed by atoms with Crippen molar-refractivity contribution in [3.05, 3.63) is 47.2 Å². The third kappa shape index (κ3) is 7.40. The third-order valence-electron chi connectivity index (χ3n) is 5.88. The van der Waals surface area contributed by atoms with Crippen LogP contribution in [0, 0.1) is 5.41 Å². The molecule has 0 aliphatic carbocycles. The van der Waals surface area contributed by atoms with Gasteiger partial charge in [0.15, 0.2) is 6.04 Å². The van der Waals surface area contributed by atoms with Crippen LogP contribution in [0.2, 0.25) is 0 Å². The van der Waals surface area contributed by atoms with Gasteiger partial charge in [-0.05, 0) is 47.1 Å². The number of hydrogen-bond donors (Lipinski definition) is 0. The fourth-order valence-electron chi connectivity index (χ4n) is 3.95. The van der Waals surface area contributed by atoms with Gasteiger partial charge in [-0.25, -0.2) is 9.69 Å². The fraction of sp³-hybridized carbons (Fsp3) is 0.536. The van der Waals surface area contributed by atoms with E-state index in [1.807, 2.05) is 6.07 Å². The Morgan fingerprint density at radius 3 is 2.21 bits per heavy atom. The predicted molar refractivity (Wildman–Crippen MR) is 144 cm³/mol. The van der Waals surface area contributed by atoms with E-state index in [1.165, 1.54) is 23.6 Å². The van der Waals surface area contributed by atoms with Crippen LogP contribution in [-0.4, -0.2) is 75.6 Å². The average molecular weight is 561 g/mol. The maximum absolute atomic E-state index is 13.6. The summed E-state index contributed by atoms with van der Waals surface area (Å²) in [5, 5.41) is -0.617. The largest absolute Gasteiger partial charge is 0.461 e. The molecule has 3 amide bonds. The smallest absolute Gasteiger partial charge is 0.417 e. The Bertz CT molecular complexity index is 1170. The third-order valence-corrected chi connectivity index (χ3v) is 7.20. The summed E-state index contributed by atoms with van der Waals surface area (Å²) in [6.45, 7) is 11.2. The highest BCUT2D eigenvalue weighted by Gasteiger charge is 2.58. The van der Waals surface area contributed by atoms with Crippen LogP contribution in [0.1, 0.15) is 54.0 Å². The van der Waals surface area contributed by atoms with Crippen LogP contribution in [0.4, 0.5) is 4.79 Å². The normalized spacial score (nSPS) is 19.1. The van der Waals surface area contributed by atoms with E-state index in [4.69, 9.17) is 14.2 Å². The van der Waals surface area contributed by atoms with Gasteiger partial charge >= 0.3 is 18.0 Å². The van der Waals surface area contributed by atoms with Gasteiger partial charge in [0.2, 0.25) is 5.91 Å². The molecule has 2 heterocycles. The van der Waals surface area contributed by atoms with Crippen molar-refractivity contribution in [3.8, 4) is 0 Å². The number of thioether (sulfide) groups is 1. The molecule has 1 aromatic rings. The Balaban J connectivity index is 1.91. The number of rotatable bonds is 7. The van der Waals surface area contributed by atoms with Gasteiger partial charge in [-0.15, -0.1) is 11.8 Å². The maximum atomic E-state index is 13.6. The van der Waals surface area contributed by atoms with E-state index in [0.29, 0.717) is 22.6 Å². The molecule has 0 spiro atoms. The van der Waals surface area contributed by atoms with E-state index >= 15 is 0 Å². The van der Waals surface area contributed by atoms with Crippen molar-refractivity contribution in [2.45, 2.75) is 71.9 Å². The minimum Gasteiger partial charge on any atom is -0.461 e. The van der Waals surface area contributed by atoms with E-state index in [0.717, 1.165) is 4.90 Å². The zero-order valence-corrected chi connectivity index (χ0v) is 24.3. The van der Waals surface area contributed by atoms with Crippen molar-refractivity contribution in [2.24, 2.45) is 5.41 Å². The van der Waals surface area contributed by atoms with Crippen LogP contribution >= 0.6 is 11.8 Å². The average Bonchev–Trinajstić information content (AvgIpc) is 2.82. The lowest BCUT2D eigenvalue weighted by Crippen LogP contribution is -2.72. The number of hydrogen-bond acceptors (Lipinski definition) is 9. The van der Waals surface area contributed by atoms with Gasteiger partial charge in [-0.2, -0.15) is 0 Å². The SMILES string of the molecule is CC(=O)OCC1=C(COC(=O)C(C)(C)C)N2C(=O)[C@@H](N(C(=O)Cc3ccccc3)C(=O)OC(C)(C)C)[C@H]2SC1. The molecular weight excluding hydrogens is 524 g/mol. The summed E-state index contributed by atoms with van der Waals surface area (Å²) in [5.41, 5.74) is 0.0307. The molecule has 2 aliphatic rings. The molecular formula is C28H36N2O8S. The Kier molecular flexibility index (Phi) is 9.15. The van der Waals surface area contributed by atoms with Crippen LogP contribution < -0.4 is 0 Å². The zero-order valence-electron chi connectivity index (χ0n) is 23.4. The number of carbonyl (C=O) groups is 5. The Hall–Kier alpha value is -3.34. The Morgan fingerprint density at radius 2 is 1.64 bits per heavy atom. The molecule has 39 heavy (non-hydrogen) atoms. The molecule has 1 saturated heterocycles. The molecule has 0 saturated carbocycles. The number of carbonyl (C=O) groups excluding carboxylic acids is 5. The molecule has 11 heteroatoms. The van der Waals surface area contributed by atoms with E-state index in [-0.39, 0.29) is 19.6 Å². The number of β-lactam (4-membered cyclic amide) rings is 1. The zero-order chi connectivity index (χ0) is 29.1. The van der Waals surface area contributed by atoms with Crippen molar-refractivity contribution in [2.75, 3.05) is 19.0 Å². The number of amides is 3. The highest BCUT2D eigenvalue weighted by Crippen LogP contribution is 2.43. The van der Waals surface area contributed by atoms with Crippen molar-refractivity contribution in [1.29, 1.82) is 0 Å². The van der Waals surface area contributed by atoms with Gasteiger partial charge in [-0.1, -0.05) is 30.3 Å². The summed E-state index contributed by atoms with van der Waals surface area (Å²) in [6, 6.07) is 7.81. The van der Waals surface area contributed by atoms with Crippen LogP contribution in [0.5, 0.6) is 0 Å². The first-order valence-corrected chi connectivity index (χ1v) is 13.7. The molecule has 0 radical (unpaired) electrons. The second kappa shape index (κ2) is 11.8. The minimum absolute atomic E-state index is 0.0748. The summed E-state index contributed by atoms with van der Waals surface area (Å²) < 4.78 is 16.2. The second-order valence-electron chi connectivity index (χ2n) is 11.4. The summed E-state index contributed by atoms with van der Waals surface area (Å²) in [7, 11) is 0. The van der Waals surface area contributed by atoms with Crippen molar-refractivity contribution < 1.29 is 38.2 Å². The Morgan fingerprint density at radius 1 is 1.00 bits per heavy atom. The minimum atomic E-state index is -1.11. The van der Waals surface area contributed by atoms with E-state index in [9.17, 15) is 24.0 Å². The standard InChI is InChI=1S/C28H36N2O8S/c1-17(31)36-14-19-16-39-24-22(23(33)29(24)20(19)15-37-25(34)27(2,3)4)30(26(35)38-28(5,6)7)21(32)13-18-11-9-8-10-12-18/h8-12,22,24H,13-16H2,1-7H3/t22-,24-/m1/s1. The first kappa shape index (κ1) is 30.2. The summed E-state index contributed by atoms with van der Waals surface area (Å²) >= 11 is 1.33. The lowest BCUT2D eigenvalue weighted by molar-refractivity contribution is -0.159. The van der Waals surface area contributed by atoms with Crippen molar-refractivity contribution in [3.63, 3.8) is 0 Å². The van der Waals surface area contributed by atoms with Gasteiger partial charge < -0.3 is 14.2 Å². The highest BCUT2D eigenvalue weighted by atomic mass is 32.2. The van der Waals surface area contributed by atoms with Gasteiger partial charge in [0, 0.05) is 18.2 Å². The topological polar surface area (TPSA) is 120 Å². The molecule has 2 atom stereocenters. The molecule has 2 aliphatic heterocycles. The lowest BCUT2D eigenvalue weighted by atomic mass is 9.97. The lowest BCUT2D eigenvalue weighted by Gasteiger charge is -2.52. The molecule has 0 aromatic heterocycles. The highest BCUT2D eigenvalue weighted by molar-refractivity contribution is 8.00. The molecule has 0 N–H and O–H groups in total. The molecule has 0 bridgehead atoms.